The molecule has 0 aromatic carbocycles. The second kappa shape index (κ2) is 5.47. The van der Waals surface area contributed by atoms with Crippen LogP contribution in [-0.2, 0) is 13.1 Å². The molecule has 2 atom stereocenters. The highest BCUT2D eigenvalue weighted by molar-refractivity contribution is 5.93. The maximum Gasteiger partial charge on any atom is 0.257 e. The minimum atomic E-state index is -0.319. The lowest BCUT2D eigenvalue weighted by Crippen LogP contribution is -2.39. The van der Waals surface area contributed by atoms with E-state index >= 15 is 0 Å². The number of aliphatic hydroxyl groups excluding tert-OH is 1. The van der Waals surface area contributed by atoms with Crippen molar-refractivity contribution < 1.29 is 14.3 Å². The summed E-state index contributed by atoms with van der Waals surface area (Å²) >= 11 is 0. The molecule has 2 aliphatic heterocycles. The van der Waals surface area contributed by atoms with E-state index < -0.39 is 0 Å². The first-order valence-electron chi connectivity index (χ1n) is 7.75. The molecule has 0 unspecified atom stereocenters. The Morgan fingerprint density at radius 1 is 1.39 bits per heavy atom. The van der Waals surface area contributed by atoms with Crippen molar-refractivity contribution in [3.05, 3.63) is 35.8 Å². The highest BCUT2D eigenvalue weighted by Gasteiger charge is 2.35. The number of likely N-dealkylation sites (N-methyl/N-ethyl adjacent to an activating group) is 1. The fourth-order valence-corrected chi connectivity index (χ4v) is 3.44. The molecule has 4 rings (SSSR count). The molecule has 1 saturated heterocycles. The molecule has 4 heterocycles. The van der Waals surface area contributed by atoms with E-state index in [1.165, 1.54) is 12.5 Å². The zero-order valence-electron chi connectivity index (χ0n) is 12.9. The van der Waals surface area contributed by atoms with E-state index in [4.69, 9.17) is 4.42 Å². The van der Waals surface area contributed by atoms with Gasteiger partial charge in [0.25, 0.3) is 5.91 Å². The number of rotatable bonds is 2. The van der Waals surface area contributed by atoms with Crippen molar-refractivity contribution in [3.8, 4) is 0 Å². The largest absolute Gasteiger partial charge is 0.472 e. The molecule has 122 valence electrons. The van der Waals surface area contributed by atoms with Gasteiger partial charge in [-0.25, -0.2) is 0 Å². The molecule has 0 aliphatic carbocycles. The molecule has 1 N–H and O–H groups in total. The number of β-amino-alcohol motifs (C(OH)–C–C–N with tert-alkyl or cyclic N) is 1. The van der Waals surface area contributed by atoms with Gasteiger partial charge in [-0.15, -0.1) is 10.2 Å². The zero-order chi connectivity index (χ0) is 16.0. The molecule has 1 amide bonds. The topological polar surface area (TPSA) is 87.6 Å². The number of likely N-dealkylation sites (tertiary alicyclic amines) is 1. The zero-order valence-corrected chi connectivity index (χ0v) is 12.9. The van der Waals surface area contributed by atoms with Gasteiger partial charge in [0.2, 0.25) is 0 Å². The van der Waals surface area contributed by atoms with Crippen molar-refractivity contribution in [3.63, 3.8) is 0 Å². The predicted octanol–water partition coefficient (Wildman–Crippen LogP) is 0.265. The second-order valence-corrected chi connectivity index (χ2v) is 6.21. The Kier molecular flexibility index (Phi) is 3.42. The molecule has 2 aromatic rings. The highest BCUT2D eigenvalue weighted by Crippen LogP contribution is 2.30. The molecule has 2 aromatic heterocycles. The monoisotopic (exact) mass is 317 g/mol. The minimum absolute atomic E-state index is 0.0528. The summed E-state index contributed by atoms with van der Waals surface area (Å²) in [6.07, 6.45) is 3.31. The van der Waals surface area contributed by atoms with Crippen molar-refractivity contribution in [2.45, 2.75) is 31.7 Å². The normalized spacial score (nSPS) is 24.9. The van der Waals surface area contributed by atoms with Crippen LogP contribution in [0.3, 0.4) is 0 Å². The maximum absolute atomic E-state index is 12.4. The first kappa shape index (κ1) is 14.4. The molecular formula is C15H19N5O3. The summed E-state index contributed by atoms with van der Waals surface area (Å²) < 4.78 is 7.06. The fourth-order valence-electron chi connectivity index (χ4n) is 3.44. The van der Waals surface area contributed by atoms with Gasteiger partial charge in [-0.05, 0) is 19.5 Å². The van der Waals surface area contributed by atoms with Gasteiger partial charge in [0.15, 0.2) is 11.6 Å². The third kappa shape index (κ3) is 2.43. The number of furan rings is 1. The van der Waals surface area contributed by atoms with E-state index in [1.54, 1.807) is 11.0 Å². The number of aliphatic hydroxyl groups is 1. The number of carbonyl (C=O) groups is 1. The first-order valence-corrected chi connectivity index (χ1v) is 7.75. The Balaban J connectivity index is 1.55. The van der Waals surface area contributed by atoms with Gasteiger partial charge in [-0.2, -0.15) is 0 Å². The molecule has 8 nitrogen and oxygen atoms in total. The molecule has 0 saturated carbocycles. The van der Waals surface area contributed by atoms with Gasteiger partial charge in [0, 0.05) is 19.6 Å². The molecule has 2 aliphatic rings. The van der Waals surface area contributed by atoms with Gasteiger partial charge >= 0.3 is 0 Å². The molecule has 8 heteroatoms. The number of nitrogens with zero attached hydrogens (tertiary/aromatic N) is 5. The van der Waals surface area contributed by atoms with E-state index in [9.17, 15) is 9.90 Å². The summed E-state index contributed by atoms with van der Waals surface area (Å²) in [6, 6.07) is 1.75. The highest BCUT2D eigenvalue weighted by atomic mass is 16.3. The third-order valence-corrected chi connectivity index (χ3v) is 4.66. The summed E-state index contributed by atoms with van der Waals surface area (Å²) in [5.41, 5.74) is 0.553. The number of aromatic nitrogens is 3. The number of amides is 1. The average molecular weight is 317 g/mol. The second-order valence-electron chi connectivity index (χ2n) is 6.21. The van der Waals surface area contributed by atoms with Crippen LogP contribution in [0, 0.1) is 0 Å². The lowest BCUT2D eigenvalue weighted by atomic mass is 10.2. The van der Waals surface area contributed by atoms with Crippen LogP contribution in [0.15, 0.2) is 23.0 Å². The van der Waals surface area contributed by atoms with Gasteiger partial charge in [0.1, 0.15) is 6.26 Å². The molecule has 23 heavy (non-hydrogen) atoms. The summed E-state index contributed by atoms with van der Waals surface area (Å²) in [5.74, 6) is 1.62. The van der Waals surface area contributed by atoms with E-state index in [1.807, 2.05) is 7.05 Å². The van der Waals surface area contributed by atoms with Gasteiger partial charge in [-0.3, -0.25) is 9.69 Å². The standard InChI is InChI=1S/C15H19N5O3/c1-18-7-11(21)6-12(18)14-17-16-13-8-19(3-4-20(13)14)15(22)10-2-5-23-9-10/h2,5,9,11-12,21H,3-4,6-8H2,1H3/t11-,12+/m1/s1. The molecular weight excluding hydrogens is 298 g/mol. The lowest BCUT2D eigenvalue weighted by Gasteiger charge is -2.29. The Morgan fingerprint density at radius 3 is 2.96 bits per heavy atom. The Hall–Kier alpha value is -2.19. The van der Waals surface area contributed by atoms with Gasteiger partial charge in [0.05, 0.1) is 30.5 Å². The molecule has 0 spiro atoms. The number of hydrogen-bond acceptors (Lipinski definition) is 6. The smallest absolute Gasteiger partial charge is 0.257 e. The fraction of sp³-hybridized carbons (Fsp3) is 0.533. The minimum Gasteiger partial charge on any atom is -0.472 e. The lowest BCUT2D eigenvalue weighted by molar-refractivity contribution is 0.0704. The number of hydrogen-bond donors (Lipinski definition) is 1. The van der Waals surface area contributed by atoms with Crippen molar-refractivity contribution >= 4 is 5.91 Å². The summed E-state index contributed by atoms with van der Waals surface area (Å²) in [6.45, 7) is 2.37. The number of fused-ring (bicyclic) bond motifs is 1. The summed E-state index contributed by atoms with van der Waals surface area (Å²) in [4.78, 5) is 16.3. The van der Waals surface area contributed by atoms with Crippen molar-refractivity contribution in [1.29, 1.82) is 0 Å². The average Bonchev–Trinajstić information content (AvgIpc) is 3.25. The quantitative estimate of drug-likeness (QED) is 0.855. The Morgan fingerprint density at radius 2 is 2.26 bits per heavy atom. The van der Waals surface area contributed by atoms with Crippen LogP contribution in [0.1, 0.15) is 34.5 Å². The third-order valence-electron chi connectivity index (χ3n) is 4.66. The Bertz CT molecular complexity index is 711. The van der Waals surface area contributed by atoms with Crippen LogP contribution >= 0.6 is 0 Å². The molecule has 1 fully saturated rings. The van der Waals surface area contributed by atoms with Crippen molar-refractivity contribution in [2.24, 2.45) is 0 Å². The van der Waals surface area contributed by atoms with Crippen molar-refractivity contribution in [2.75, 3.05) is 20.1 Å². The van der Waals surface area contributed by atoms with E-state index in [0.29, 0.717) is 38.2 Å². The van der Waals surface area contributed by atoms with E-state index in [2.05, 4.69) is 19.7 Å². The van der Waals surface area contributed by atoms with Crippen molar-refractivity contribution in [1.82, 2.24) is 24.6 Å². The van der Waals surface area contributed by atoms with E-state index in [0.717, 1.165) is 11.6 Å². The van der Waals surface area contributed by atoms with Crippen LogP contribution in [0.4, 0.5) is 0 Å². The van der Waals surface area contributed by atoms with Crippen LogP contribution in [0.2, 0.25) is 0 Å². The SMILES string of the molecule is CN1C[C@H](O)C[C@H]1c1nnc2n1CCN(C(=O)c1ccoc1)C2. The van der Waals surface area contributed by atoms with Crippen LogP contribution in [0.5, 0.6) is 0 Å². The van der Waals surface area contributed by atoms with Gasteiger partial charge < -0.3 is 19.0 Å². The number of carbonyl (C=O) groups excluding carboxylic acids is 1. The molecule has 0 bridgehead atoms. The van der Waals surface area contributed by atoms with Crippen LogP contribution in [0.25, 0.3) is 0 Å². The predicted molar refractivity (Wildman–Crippen MR) is 79.5 cm³/mol. The maximum atomic E-state index is 12.4. The van der Waals surface area contributed by atoms with Gasteiger partial charge in [-0.1, -0.05) is 0 Å². The summed E-state index contributed by atoms with van der Waals surface area (Å²) in [7, 11) is 1.99. The first-order chi connectivity index (χ1) is 11.1. The van der Waals surface area contributed by atoms with Crippen LogP contribution < -0.4 is 0 Å². The van der Waals surface area contributed by atoms with Crippen LogP contribution in [-0.4, -0.2) is 61.8 Å². The summed E-state index contributed by atoms with van der Waals surface area (Å²) in [5, 5.41) is 18.4. The molecule has 0 radical (unpaired) electrons. The Labute approximate surface area is 133 Å². The van der Waals surface area contributed by atoms with E-state index in [-0.39, 0.29) is 18.1 Å².